The van der Waals surface area contributed by atoms with Gasteiger partial charge in [-0.3, -0.25) is 4.79 Å². The number of rotatable bonds is 3. The summed E-state index contributed by atoms with van der Waals surface area (Å²) in [7, 11) is 1.39. The molecule has 4 nitrogen and oxygen atoms in total. The molecule has 0 radical (unpaired) electrons. The van der Waals surface area contributed by atoms with Gasteiger partial charge in [0.25, 0.3) is 0 Å². The number of Topliss-reactive ketones (excluding diaryl/α,β-unsaturated/α-hetero) is 1. The lowest BCUT2D eigenvalue weighted by molar-refractivity contribution is 0.0600. The van der Waals surface area contributed by atoms with Crippen molar-refractivity contribution >= 4 is 17.4 Å². The predicted octanol–water partition coefficient (Wildman–Crippen LogP) is 4.50. The van der Waals surface area contributed by atoms with E-state index in [9.17, 15) is 9.59 Å². The smallest absolute Gasteiger partial charge is 0.337 e. The number of carbonyl (C=O) groups excluding carboxylic acids is 2. The van der Waals surface area contributed by atoms with E-state index in [-0.39, 0.29) is 17.8 Å². The van der Waals surface area contributed by atoms with Crippen molar-refractivity contribution in [3.05, 3.63) is 76.9 Å². The second-order valence-electron chi connectivity index (χ2n) is 6.95. The lowest BCUT2D eigenvalue weighted by atomic mass is 9.76. The molecule has 0 aromatic heterocycles. The van der Waals surface area contributed by atoms with Crippen LogP contribution in [0.25, 0.3) is 0 Å². The van der Waals surface area contributed by atoms with Gasteiger partial charge in [-0.1, -0.05) is 24.3 Å². The monoisotopic (exact) mass is 347 g/mol. The summed E-state index contributed by atoms with van der Waals surface area (Å²) in [6, 6.07) is 13.7. The van der Waals surface area contributed by atoms with Gasteiger partial charge in [0.05, 0.1) is 18.7 Å². The van der Waals surface area contributed by atoms with Crippen LogP contribution >= 0.6 is 0 Å². The fraction of sp³-hybridized carbons (Fsp3) is 0.273. The highest BCUT2D eigenvalue weighted by atomic mass is 16.5. The van der Waals surface area contributed by atoms with Crippen molar-refractivity contribution in [2.45, 2.75) is 25.3 Å². The minimum absolute atomic E-state index is 0.0897. The molecule has 1 heterocycles. The van der Waals surface area contributed by atoms with E-state index >= 15 is 0 Å². The number of nitrogens with one attached hydrogen (secondary N) is 1. The molecule has 3 atom stereocenters. The molecule has 1 aliphatic carbocycles. The van der Waals surface area contributed by atoms with Crippen molar-refractivity contribution in [2.75, 3.05) is 12.4 Å². The molecule has 0 bridgehead atoms. The van der Waals surface area contributed by atoms with Gasteiger partial charge in [0.1, 0.15) is 0 Å². The normalized spacial score (nSPS) is 22.9. The number of benzene rings is 2. The van der Waals surface area contributed by atoms with Crippen LogP contribution in [-0.4, -0.2) is 18.9 Å². The SMILES string of the molecule is COC(=O)c1ccc([C@@H]2Nc3ccc(C(C)=O)cc3[C@@H]3C=CC[C@@H]32)cc1. The number of fused-ring (bicyclic) bond motifs is 3. The van der Waals surface area contributed by atoms with Crippen molar-refractivity contribution in [3.8, 4) is 0 Å². The Kier molecular flexibility index (Phi) is 4.11. The molecule has 4 rings (SSSR count). The van der Waals surface area contributed by atoms with E-state index in [0.717, 1.165) is 23.2 Å². The average Bonchev–Trinajstić information content (AvgIpc) is 3.16. The predicted molar refractivity (Wildman–Crippen MR) is 101 cm³/mol. The van der Waals surface area contributed by atoms with Crippen LogP contribution in [0.5, 0.6) is 0 Å². The third-order valence-corrected chi connectivity index (χ3v) is 5.46. The molecule has 0 fully saturated rings. The van der Waals surface area contributed by atoms with Gasteiger partial charge in [-0.15, -0.1) is 0 Å². The Morgan fingerprint density at radius 3 is 2.50 bits per heavy atom. The van der Waals surface area contributed by atoms with Crippen molar-refractivity contribution in [1.82, 2.24) is 0 Å². The molecule has 0 amide bonds. The molecule has 132 valence electrons. The van der Waals surface area contributed by atoms with E-state index in [2.05, 4.69) is 17.5 Å². The van der Waals surface area contributed by atoms with Gasteiger partial charge < -0.3 is 10.1 Å². The van der Waals surface area contributed by atoms with Crippen molar-refractivity contribution in [2.24, 2.45) is 5.92 Å². The van der Waals surface area contributed by atoms with Gasteiger partial charge >= 0.3 is 5.97 Å². The van der Waals surface area contributed by atoms with Crippen LogP contribution in [0.4, 0.5) is 5.69 Å². The van der Waals surface area contributed by atoms with Crippen LogP contribution in [0.1, 0.15) is 57.1 Å². The number of esters is 1. The van der Waals surface area contributed by atoms with Crippen molar-refractivity contribution in [1.29, 1.82) is 0 Å². The number of methoxy groups -OCH3 is 1. The summed E-state index contributed by atoms with van der Waals surface area (Å²) in [5.74, 6) is 0.465. The van der Waals surface area contributed by atoms with E-state index in [1.165, 1.54) is 12.7 Å². The second kappa shape index (κ2) is 6.45. The molecular formula is C22H21NO3. The van der Waals surface area contributed by atoms with E-state index in [1.54, 1.807) is 6.92 Å². The number of ether oxygens (including phenoxy) is 1. The highest BCUT2D eigenvalue weighted by molar-refractivity contribution is 5.95. The molecule has 1 aliphatic heterocycles. The standard InChI is InChI=1S/C22H21NO3/c1-13(24)16-10-11-20-19(12-16)17-4-3-5-18(17)21(23-20)14-6-8-15(9-7-14)22(25)26-2/h3-4,6-12,17-18,21,23H,5H2,1-2H3/t17-,18+,21+/m1/s1. The summed E-state index contributed by atoms with van der Waals surface area (Å²) in [6.45, 7) is 1.60. The van der Waals surface area contributed by atoms with E-state index in [0.29, 0.717) is 17.4 Å². The summed E-state index contributed by atoms with van der Waals surface area (Å²) in [6.07, 6.45) is 5.47. The third-order valence-electron chi connectivity index (χ3n) is 5.46. The lowest BCUT2D eigenvalue weighted by Crippen LogP contribution is -2.29. The first-order valence-corrected chi connectivity index (χ1v) is 8.85. The zero-order valence-electron chi connectivity index (χ0n) is 14.9. The molecular weight excluding hydrogens is 326 g/mol. The zero-order valence-corrected chi connectivity index (χ0v) is 14.9. The second-order valence-corrected chi connectivity index (χ2v) is 6.95. The van der Waals surface area contributed by atoms with Crippen LogP contribution in [0.3, 0.4) is 0 Å². The fourth-order valence-corrected chi connectivity index (χ4v) is 4.09. The Morgan fingerprint density at radius 2 is 1.81 bits per heavy atom. The van der Waals surface area contributed by atoms with Crippen LogP contribution in [0.2, 0.25) is 0 Å². The Balaban J connectivity index is 1.69. The molecule has 2 aromatic rings. The maximum absolute atomic E-state index is 11.7. The van der Waals surface area contributed by atoms with Gasteiger partial charge in [-0.2, -0.15) is 0 Å². The van der Waals surface area contributed by atoms with Crippen molar-refractivity contribution < 1.29 is 14.3 Å². The Bertz CT molecular complexity index is 898. The molecule has 0 spiro atoms. The molecule has 0 saturated heterocycles. The summed E-state index contributed by atoms with van der Waals surface area (Å²) in [5.41, 5.74) is 4.73. The number of carbonyl (C=O) groups is 2. The molecule has 0 unspecified atom stereocenters. The highest BCUT2D eigenvalue weighted by Gasteiger charge is 2.38. The zero-order chi connectivity index (χ0) is 18.3. The Hall–Kier alpha value is -2.88. The first-order valence-electron chi connectivity index (χ1n) is 8.85. The number of allylic oxidation sites excluding steroid dienone is 2. The summed E-state index contributed by atoms with van der Waals surface area (Å²) >= 11 is 0. The number of anilines is 1. The average molecular weight is 347 g/mol. The Labute approximate surface area is 152 Å². The quantitative estimate of drug-likeness (QED) is 0.504. The van der Waals surface area contributed by atoms with Gasteiger partial charge in [-0.25, -0.2) is 4.79 Å². The van der Waals surface area contributed by atoms with Gasteiger partial charge in [0.2, 0.25) is 0 Å². The van der Waals surface area contributed by atoms with E-state index in [4.69, 9.17) is 4.74 Å². The maximum Gasteiger partial charge on any atom is 0.337 e. The molecule has 2 aromatic carbocycles. The minimum Gasteiger partial charge on any atom is -0.465 e. The van der Waals surface area contributed by atoms with Gasteiger partial charge in [-0.05, 0) is 60.7 Å². The van der Waals surface area contributed by atoms with E-state index < -0.39 is 0 Å². The fourth-order valence-electron chi connectivity index (χ4n) is 4.09. The number of hydrogen-bond acceptors (Lipinski definition) is 4. The molecule has 2 aliphatic rings. The highest BCUT2D eigenvalue weighted by Crippen LogP contribution is 2.49. The van der Waals surface area contributed by atoms with Crippen molar-refractivity contribution in [3.63, 3.8) is 0 Å². The van der Waals surface area contributed by atoms with Crippen LogP contribution in [-0.2, 0) is 4.74 Å². The largest absolute Gasteiger partial charge is 0.465 e. The van der Waals surface area contributed by atoms with Gasteiger partial charge in [0, 0.05) is 17.2 Å². The van der Waals surface area contributed by atoms with Crippen LogP contribution in [0, 0.1) is 5.92 Å². The number of ketones is 1. The first-order chi connectivity index (χ1) is 12.6. The topological polar surface area (TPSA) is 55.4 Å². The molecule has 1 N–H and O–H groups in total. The minimum atomic E-state index is -0.323. The van der Waals surface area contributed by atoms with Crippen LogP contribution < -0.4 is 5.32 Å². The molecule has 0 saturated carbocycles. The third kappa shape index (κ3) is 2.71. The first kappa shape index (κ1) is 16.6. The molecule has 26 heavy (non-hydrogen) atoms. The molecule has 4 heteroatoms. The van der Waals surface area contributed by atoms with E-state index in [1.807, 2.05) is 42.5 Å². The summed E-state index contributed by atoms with van der Waals surface area (Å²) in [5, 5.41) is 3.65. The lowest BCUT2D eigenvalue weighted by Gasteiger charge is -2.37. The Morgan fingerprint density at radius 1 is 1.08 bits per heavy atom. The van der Waals surface area contributed by atoms with Gasteiger partial charge in [0.15, 0.2) is 5.78 Å². The number of hydrogen-bond donors (Lipinski definition) is 1. The maximum atomic E-state index is 11.7. The van der Waals surface area contributed by atoms with Crippen LogP contribution in [0.15, 0.2) is 54.6 Å². The summed E-state index contributed by atoms with van der Waals surface area (Å²) in [4.78, 5) is 23.4. The summed E-state index contributed by atoms with van der Waals surface area (Å²) < 4.78 is 4.78.